The summed E-state index contributed by atoms with van der Waals surface area (Å²) in [5.41, 5.74) is 1.84. The summed E-state index contributed by atoms with van der Waals surface area (Å²) in [6, 6.07) is 13.8. The van der Waals surface area contributed by atoms with E-state index in [1.807, 2.05) is 6.07 Å². The van der Waals surface area contributed by atoms with Gasteiger partial charge in [0.2, 0.25) is 5.91 Å². The number of hydrogen-bond donors (Lipinski definition) is 1. The molecule has 0 heterocycles. The lowest BCUT2D eigenvalue weighted by Crippen LogP contribution is -2.17. The average molecular weight is 334 g/mol. The Labute approximate surface area is 136 Å². The van der Waals surface area contributed by atoms with Gasteiger partial charge in [0.25, 0.3) is 0 Å². The van der Waals surface area contributed by atoms with Crippen molar-refractivity contribution in [2.45, 2.75) is 19.2 Å². The van der Waals surface area contributed by atoms with Crippen LogP contribution in [0.5, 0.6) is 5.75 Å². The third kappa shape index (κ3) is 5.65. The van der Waals surface area contributed by atoms with Crippen molar-refractivity contribution >= 4 is 11.6 Å². The quantitative estimate of drug-likeness (QED) is 0.898. The Hall–Kier alpha value is -3.01. The van der Waals surface area contributed by atoms with Gasteiger partial charge in [-0.15, -0.1) is 13.2 Å². The molecule has 0 atom stereocenters. The summed E-state index contributed by atoms with van der Waals surface area (Å²) >= 11 is 0. The van der Waals surface area contributed by atoms with Crippen LogP contribution in [0.4, 0.5) is 18.9 Å². The van der Waals surface area contributed by atoms with Crippen molar-refractivity contribution in [1.82, 2.24) is 0 Å². The zero-order chi connectivity index (χ0) is 17.6. The molecule has 0 aliphatic rings. The van der Waals surface area contributed by atoms with Crippen LogP contribution in [0.3, 0.4) is 0 Å². The van der Waals surface area contributed by atoms with Gasteiger partial charge in [0.1, 0.15) is 5.75 Å². The van der Waals surface area contributed by atoms with Gasteiger partial charge in [-0.1, -0.05) is 12.1 Å². The molecular weight excluding hydrogens is 321 g/mol. The second-order valence-electron chi connectivity index (χ2n) is 4.93. The summed E-state index contributed by atoms with van der Waals surface area (Å²) in [7, 11) is 0. The van der Waals surface area contributed by atoms with Gasteiger partial charge in [0.05, 0.1) is 11.6 Å². The monoisotopic (exact) mass is 334 g/mol. The number of nitrogens with zero attached hydrogens (tertiary/aromatic N) is 1. The van der Waals surface area contributed by atoms with Gasteiger partial charge in [-0.3, -0.25) is 4.79 Å². The van der Waals surface area contributed by atoms with Crippen LogP contribution < -0.4 is 10.1 Å². The Morgan fingerprint density at radius 3 is 2.25 bits per heavy atom. The van der Waals surface area contributed by atoms with Crippen LogP contribution in [-0.2, 0) is 11.2 Å². The highest BCUT2D eigenvalue weighted by atomic mass is 19.4. The lowest BCUT2D eigenvalue weighted by atomic mass is 10.1. The maximum Gasteiger partial charge on any atom is 0.573 e. The minimum Gasteiger partial charge on any atom is -0.406 e. The Kier molecular flexibility index (Phi) is 5.42. The minimum absolute atomic E-state index is 0.215. The fraction of sp³-hybridized carbons (Fsp3) is 0.176. The smallest absolute Gasteiger partial charge is 0.406 e. The first-order valence-electron chi connectivity index (χ1n) is 7.00. The van der Waals surface area contributed by atoms with Crippen LogP contribution in [0, 0.1) is 11.3 Å². The van der Waals surface area contributed by atoms with E-state index in [9.17, 15) is 18.0 Å². The molecule has 0 aliphatic carbocycles. The highest BCUT2D eigenvalue weighted by Crippen LogP contribution is 2.24. The van der Waals surface area contributed by atoms with E-state index in [0.717, 1.165) is 17.7 Å². The molecule has 4 nitrogen and oxygen atoms in total. The predicted octanol–water partition coefficient (Wildman–Crippen LogP) is 4.03. The van der Waals surface area contributed by atoms with E-state index < -0.39 is 6.36 Å². The molecule has 0 aliphatic heterocycles. The maximum atomic E-state index is 12.1. The minimum atomic E-state index is -4.74. The van der Waals surface area contributed by atoms with E-state index in [4.69, 9.17) is 5.26 Å². The van der Waals surface area contributed by atoms with Gasteiger partial charge in [-0.25, -0.2) is 0 Å². The van der Waals surface area contributed by atoms with Crippen molar-refractivity contribution in [3.05, 3.63) is 59.7 Å². The molecule has 0 radical (unpaired) electrons. The van der Waals surface area contributed by atoms with Crippen LogP contribution in [0.2, 0.25) is 0 Å². The fourth-order valence-electron chi connectivity index (χ4n) is 1.97. The Balaban J connectivity index is 1.84. The SMILES string of the molecule is N#Cc1ccc(CCC(=O)Nc2ccc(OC(F)(F)F)cc2)cc1. The Morgan fingerprint density at radius 2 is 1.71 bits per heavy atom. The van der Waals surface area contributed by atoms with E-state index in [1.54, 1.807) is 24.3 Å². The molecule has 0 spiro atoms. The van der Waals surface area contributed by atoms with E-state index in [2.05, 4.69) is 10.1 Å². The number of carbonyl (C=O) groups is 1. The second-order valence-corrected chi connectivity index (χ2v) is 4.93. The molecule has 0 saturated carbocycles. The molecule has 0 saturated heterocycles. The number of rotatable bonds is 5. The number of benzene rings is 2. The lowest BCUT2D eigenvalue weighted by molar-refractivity contribution is -0.274. The van der Waals surface area contributed by atoms with Crippen LogP contribution >= 0.6 is 0 Å². The standard InChI is InChI=1S/C17H13F3N2O2/c18-17(19,20)24-15-8-6-14(7-9-15)22-16(23)10-5-12-1-3-13(11-21)4-2-12/h1-4,6-9H,5,10H2,(H,22,23). The molecule has 0 unspecified atom stereocenters. The fourth-order valence-corrected chi connectivity index (χ4v) is 1.97. The highest BCUT2D eigenvalue weighted by molar-refractivity contribution is 5.90. The van der Waals surface area contributed by atoms with Gasteiger partial charge in [-0.2, -0.15) is 5.26 Å². The first-order chi connectivity index (χ1) is 11.4. The molecule has 2 aromatic carbocycles. The molecule has 1 N–H and O–H groups in total. The molecule has 0 aromatic heterocycles. The topological polar surface area (TPSA) is 62.1 Å². The van der Waals surface area contributed by atoms with Gasteiger partial charge in [0, 0.05) is 12.1 Å². The number of carbonyl (C=O) groups excluding carboxylic acids is 1. The number of aryl methyl sites for hydroxylation is 1. The van der Waals surface area contributed by atoms with Crippen LogP contribution in [0.1, 0.15) is 17.5 Å². The summed E-state index contributed by atoms with van der Waals surface area (Å²) in [4.78, 5) is 11.8. The number of ether oxygens (including phenoxy) is 1. The highest BCUT2D eigenvalue weighted by Gasteiger charge is 2.30. The Morgan fingerprint density at radius 1 is 1.08 bits per heavy atom. The molecule has 0 fully saturated rings. The molecule has 124 valence electrons. The molecule has 2 rings (SSSR count). The van der Waals surface area contributed by atoms with Gasteiger partial charge < -0.3 is 10.1 Å². The van der Waals surface area contributed by atoms with E-state index >= 15 is 0 Å². The van der Waals surface area contributed by atoms with Crippen molar-refractivity contribution in [3.63, 3.8) is 0 Å². The summed E-state index contributed by atoms with van der Waals surface area (Å²) in [6.07, 6.45) is -4.04. The number of nitriles is 1. The predicted molar refractivity (Wildman–Crippen MR) is 81.2 cm³/mol. The van der Waals surface area contributed by atoms with Crippen LogP contribution in [-0.4, -0.2) is 12.3 Å². The number of anilines is 1. The van der Waals surface area contributed by atoms with Gasteiger partial charge in [-0.05, 0) is 48.4 Å². The zero-order valence-electron chi connectivity index (χ0n) is 12.4. The Bertz CT molecular complexity index is 732. The van der Waals surface area contributed by atoms with Crippen molar-refractivity contribution in [1.29, 1.82) is 5.26 Å². The molecule has 1 amide bonds. The molecule has 0 bridgehead atoms. The number of halogens is 3. The van der Waals surface area contributed by atoms with Crippen molar-refractivity contribution in [3.8, 4) is 11.8 Å². The van der Waals surface area contributed by atoms with Crippen LogP contribution in [0.25, 0.3) is 0 Å². The largest absolute Gasteiger partial charge is 0.573 e. The number of amides is 1. The van der Waals surface area contributed by atoms with Crippen molar-refractivity contribution < 1.29 is 22.7 Å². The first kappa shape index (κ1) is 17.3. The second kappa shape index (κ2) is 7.51. The van der Waals surface area contributed by atoms with Gasteiger partial charge >= 0.3 is 6.36 Å². The molecule has 24 heavy (non-hydrogen) atoms. The third-order valence-electron chi connectivity index (χ3n) is 3.10. The summed E-state index contributed by atoms with van der Waals surface area (Å²) in [5.74, 6) is -0.609. The first-order valence-corrected chi connectivity index (χ1v) is 7.00. The molecule has 2 aromatic rings. The third-order valence-corrected chi connectivity index (χ3v) is 3.10. The molecular formula is C17H13F3N2O2. The number of alkyl halides is 3. The maximum absolute atomic E-state index is 12.1. The van der Waals surface area contributed by atoms with Crippen molar-refractivity contribution in [2.75, 3.05) is 5.32 Å². The number of nitrogens with one attached hydrogen (secondary N) is 1. The summed E-state index contributed by atoms with van der Waals surface area (Å²) in [6.45, 7) is 0. The van der Waals surface area contributed by atoms with E-state index in [0.29, 0.717) is 17.7 Å². The average Bonchev–Trinajstić information content (AvgIpc) is 2.54. The lowest BCUT2D eigenvalue weighted by Gasteiger charge is -2.10. The van der Waals surface area contributed by atoms with Gasteiger partial charge in [0.15, 0.2) is 0 Å². The van der Waals surface area contributed by atoms with E-state index in [-0.39, 0.29) is 18.1 Å². The zero-order valence-corrected chi connectivity index (χ0v) is 12.4. The van der Waals surface area contributed by atoms with Crippen LogP contribution in [0.15, 0.2) is 48.5 Å². The van der Waals surface area contributed by atoms with E-state index in [1.165, 1.54) is 12.1 Å². The normalized spacial score (nSPS) is 10.8. The summed E-state index contributed by atoms with van der Waals surface area (Å²) < 4.78 is 39.9. The summed E-state index contributed by atoms with van der Waals surface area (Å²) in [5, 5.41) is 11.3. The molecule has 7 heteroatoms. The van der Waals surface area contributed by atoms with Crippen molar-refractivity contribution in [2.24, 2.45) is 0 Å². The number of hydrogen-bond acceptors (Lipinski definition) is 3.